The number of imidazole rings is 1. The Morgan fingerprint density at radius 1 is 1.57 bits per heavy atom. The van der Waals surface area contributed by atoms with Gasteiger partial charge in [0.05, 0.1) is 5.69 Å². The quantitative estimate of drug-likeness (QED) is 0.806. The van der Waals surface area contributed by atoms with Crippen LogP contribution in [0.2, 0.25) is 0 Å². The zero-order valence-electron chi connectivity index (χ0n) is 7.95. The molecule has 0 bridgehead atoms. The average Bonchev–Trinajstić information content (AvgIpc) is 2.77. The van der Waals surface area contributed by atoms with E-state index in [0.717, 1.165) is 29.6 Å². The van der Waals surface area contributed by atoms with Crippen molar-refractivity contribution in [1.82, 2.24) is 15.0 Å². The van der Waals surface area contributed by atoms with E-state index in [1.54, 1.807) is 17.5 Å². The van der Waals surface area contributed by atoms with E-state index in [-0.39, 0.29) is 0 Å². The highest BCUT2D eigenvalue weighted by atomic mass is 32.1. The second-order valence-corrected chi connectivity index (χ2v) is 3.86. The molecule has 2 rings (SSSR count). The van der Waals surface area contributed by atoms with Gasteiger partial charge in [0, 0.05) is 30.7 Å². The molecule has 0 aromatic carbocycles. The van der Waals surface area contributed by atoms with Crippen LogP contribution in [0.5, 0.6) is 0 Å². The summed E-state index contributed by atoms with van der Waals surface area (Å²) >= 11 is 1.63. The number of thiazole rings is 1. The van der Waals surface area contributed by atoms with Crippen molar-refractivity contribution in [2.75, 3.05) is 11.9 Å². The Morgan fingerprint density at radius 3 is 3.14 bits per heavy atom. The van der Waals surface area contributed by atoms with E-state index in [1.807, 2.05) is 18.5 Å². The van der Waals surface area contributed by atoms with Gasteiger partial charge < -0.3 is 10.3 Å². The van der Waals surface area contributed by atoms with Gasteiger partial charge >= 0.3 is 0 Å². The molecule has 0 aliphatic carbocycles. The first kappa shape index (κ1) is 9.21. The fraction of sp³-hybridized carbons (Fsp3) is 0.333. The number of rotatable bonds is 4. The third kappa shape index (κ3) is 2.32. The summed E-state index contributed by atoms with van der Waals surface area (Å²) in [5, 5.41) is 6.27. The molecular weight excluding hydrogens is 196 g/mol. The van der Waals surface area contributed by atoms with E-state index in [0.29, 0.717) is 0 Å². The smallest absolute Gasteiger partial charge is 0.182 e. The summed E-state index contributed by atoms with van der Waals surface area (Å²) in [6.07, 6.45) is 4.50. The van der Waals surface area contributed by atoms with Gasteiger partial charge in [-0.3, -0.25) is 0 Å². The number of anilines is 1. The Balaban J connectivity index is 1.78. The first-order chi connectivity index (χ1) is 6.84. The molecule has 0 aliphatic rings. The van der Waals surface area contributed by atoms with Crippen LogP contribution in [0.15, 0.2) is 17.8 Å². The van der Waals surface area contributed by atoms with Crippen LogP contribution in [-0.2, 0) is 6.42 Å². The number of nitrogens with one attached hydrogen (secondary N) is 2. The Kier molecular flexibility index (Phi) is 2.78. The lowest BCUT2D eigenvalue weighted by Gasteiger charge is -1.99. The highest BCUT2D eigenvalue weighted by Crippen LogP contribution is 2.13. The van der Waals surface area contributed by atoms with E-state index in [2.05, 4.69) is 20.3 Å². The van der Waals surface area contributed by atoms with Gasteiger partial charge in [0.15, 0.2) is 5.13 Å². The fourth-order valence-corrected chi connectivity index (χ4v) is 1.87. The summed E-state index contributed by atoms with van der Waals surface area (Å²) in [6, 6.07) is 0. The van der Waals surface area contributed by atoms with Crippen molar-refractivity contribution < 1.29 is 0 Å². The second-order valence-electron chi connectivity index (χ2n) is 3.01. The van der Waals surface area contributed by atoms with Gasteiger partial charge in [-0.2, -0.15) is 0 Å². The van der Waals surface area contributed by atoms with E-state index >= 15 is 0 Å². The lowest BCUT2D eigenvalue weighted by atomic mass is 10.4. The molecule has 0 atom stereocenters. The van der Waals surface area contributed by atoms with Crippen molar-refractivity contribution in [1.29, 1.82) is 0 Å². The Bertz CT molecular complexity index is 379. The lowest BCUT2D eigenvalue weighted by Crippen LogP contribution is -2.05. The highest BCUT2D eigenvalue weighted by Gasteiger charge is 1.98. The van der Waals surface area contributed by atoms with Gasteiger partial charge in [0.1, 0.15) is 5.82 Å². The molecule has 0 saturated carbocycles. The number of aromatic amines is 1. The van der Waals surface area contributed by atoms with E-state index in [1.165, 1.54) is 0 Å². The first-order valence-electron chi connectivity index (χ1n) is 4.49. The molecular formula is C9H12N4S. The summed E-state index contributed by atoms with van der Waals surface area (Å²) in [5.41, 5.74) is 1.07. The molecule has 74 valence electrons. The maximum Gasteiger partial charge on any atom is 0.182 e. The molecule has 0 spiro atoms. The predicted molar refractivity (Wildman–Crippen MR) is 57.6 cm³/mol. The Labute approximate surface area is 86.4 Å². The molecule has 2 N–H and O–H groups in total. The summed E-state index contributed by atoms with van der Waals surface area (Å²) in [6.45, 7) is 2.86. The Morgan fingerprint density at radius 2 is 2.50 bits per heavy atom. The van der Waals surface area contributed by atoms with Crippen molar-refractivity contribution in [2.24, 2.45) is 0 Å². The van der Waals surface area contributed by atoms with Crippen molar-refractivity contribution in [3.05, 3.63) is 29.3 Å². The minimum atomic E-state index is 0.862. The largest absolute Gasteiger partial charge is 0.361 e. The molecule has 0 fully saturated rings. The summed E-state index contributed by atoms with van der Waals surface area (Å²) in [5.74, 6) is 1.01. The van der Waals surface area contributed by atoms with Crippen LogP contribution in [-0.4, -0.2) is 21.5 Å². The van der Waals surface area contributed by atoms with E-state index in [4.69, 9.17) is 0 Å². The number of nitrogens with zero attached hydrogens (tertiary/aromatic N) is 2. The van der Waals surface area contributed by atoms with Gasteiger partial charge in [0.2, 0.25) is 0 Å². The van der Waals surface area contributed by atoms with Crippen molar-refractivity contribution in [2.45, 2.75) is 13.3 Å². The van der Waals surface area contributed by atoms with Crippen LogP contribution in [0.3, 0.4) is 0 Å². The van der Waals surface area contributed by atoms with Crippen molar-refractivity contribution >= 4 is 16.5 Å². The Hall–Kier alpha value is -1.36. The zero-order valence-corrected chi connectivity index (χ0v) is 8.77. The molecule has 5 heteroatoms. The zero-order chi connectivity index (χ0) is 9.80. The van der Waals surface area contributed by atoms with Gasteiger partial charge in [0.25, 0.3) is 0 Å². The van der Waals surface area contributed by atoms with Gasteiger partial charge in [-0.1, -0.05) is 0 Å². The molecule has 0 saturated heterocycles. The monoisotopic (exact) mass is 208 g/mol. The summed E-state index contributed by atoms with van der Waals surface area (Å²) in [7, 11) is 0. The first-order valence-corrected chi connectivity index (χ1v) is 5.37. The second kappa shape index (κ2) is 4.23. The molecule has 2 aromatic heterocycles. The van der Waals surface area contributed by atoms with Crippen LogP contribution in [0.1, 0.15) is 11.5 Å². The molecule has 2 heterocycles. The van der Waals surface area contributed by atoms with Crippen molar-refractivity contribution in [3.8, 4) is 0 Å². The van der Waals surface area contributed by atoms with E-state index < -0.39 is 0 Å². The average molecular weight is 208 g/mol. The number of hydrogen-bond donors (Lipinski definition) is 2. The highest BCUT2D eigenvalue weighted by molar-refractivity contribution is 7.13. The molecule has 0 radical (unpaired) electrons. The fourth-order valence-electron chi connectivity index (χ4n) is 1.16. The minimum absolute atomic E-state index is 0.862. The van der Waals surface area contributed by atoms with Gasteiger partial charge in [-0.25, -0.2) is 9.97 Å². The van der Waals surface area contributed by atoms with E-state index in [9.17, 15) is 0 Å². The SMILES string of the molecule is Cc1csc(NCCc2ncc[nH]2)n1. The number of hydrogen-bond acceptors (Lipinski definition) is 4. The standard InChI is InChI=1S/C9H12N4S/c1-7-6-14-9(13-7)12-3-2-8-10-4-5-11-8/h4-6H,2-3H2,1H3,(H,10,11)(H,12,13). The van der Waals surface area contributed by atoms with Crippen LogP contribution in [0, 0.1) is 6.92 Å². The maximum atomic E-state index is 4.31. The lowest BCUT2D eigenvalue weighted by molar-refractivity contribution is 0.925. The third-order valence-electron chi connectivity index (χ3n) is 1.81. The predicted octanol–water partition coefficient (Wildman–Crippen LogP) is 1.83. The maximum absolute atomic E-state index is 4.31. The topological polar surface area (TPSA) is 53.6 Å². The number of aryl methyl sites for hydroxylation is 1. The van der Waals surface area contributed by atoms with Crippen LogP contribution in [0.25, 0.3) is 0 Å². The molecule has 4 nitrogen and oxygen atoms in total. The minimum Gasteiger partial charge on any atom is -0.361 e. The van der Waals surface area contributed by atoms with Crippen LogP contribution >= 0.6 is 11.3 Å². The van der Waals surface area contributed by atoms with Gasteiger partial charge in [-0.05, 0) is 6.92 Å². The van der Waals surface area contributed by atoms with Crippen molar-refractivity contribution in [3.63, 3.8) is 0 Å². The summed E-state index contributed by atoms with van der Waals surface area (Å²) in [4.78, 5) is 11.5. The third-order valence-corrected chi connectivity index (χ3v) is 2.73. The number of H-pyrrole nitrogens is 1. The van der Waals surface area contributed by atoms with Crippen LogP contribution in [0.4, 0.5) is 5.13 Å². The molecule has 14 heavy (non-hydrogen) atoms. The molecule has 0 unspecified atom stereocenters. The van der Waals surface area contributed by atoms with Gasteiger partial charge in [-0.15, -0.1) is 11.3 Å². The summed E-state index contributed by atoms with van der Waals surface area (Å²) < 4.78 is 0. The molecule has 0 amide bonds. The molecule has 0 aliphatic heterocycles. The molecule has 2 aromatic rings. The number of aromatic nitrogens is 3. The van der Waals surface area contributed by atoms with Crippen LogP contribution < -0.4 is 5.32 Å². The normalized spacial score (nSPS) is 10.4.